The fourth-order valence-electron chi connectivity index (χ4n) is 5.93. The van der Waals surface area contributed by atoms with Crippen molar-refractivity contribution in [1.29, 1.82) is 0 Å². The van der Waals surface area contributed by atoms with Crippen molar-refractivity contribution in [2.75, 3.05) is 0 Å². The number of aliphatic hydroxyl groups excluding tert-OH is 3. The Balaban J connectivity index is 1.70. The van der Waals surface area contributed by atoms with Crippen molar-refractivity contribution < 1.29 is 20.1 Å². The van der Waals surface area contributed by atoms with Crippen LogP contribution in [0, 0.1) is 0 Å². The molecule has 5 N–H and O–H groups in total. The van der Waals surface area contributed by atoms with Crippen molar-refractivity contribution in [2.45, 2.75) is 62.6 Å². The molecule has 0 aromatic heterocycles. The first-order valence-electron chi connectivity index (χ1n) is 12.5. The number of carbonyl (C=O) groups is 1. The number of hydrogen-bond acceptors (Lipinski definition) is 5. The molecule has 1 fully saturated rings. The van der Waals surface area contributed by atoms with Gasteiger partial charge in [-0.1, -0.05) is 59.6 Å². The Morgan fingerprint density at radius 2 is 1.68 bits per heavy atom. The lowest BCUT2D eigenvalue weighted by Gasteiger charge is -2.48. The molecule has 3 aromatic carbocycles. The lowest BCUT2D eigenvalue weighted by molar-refractivity contribution is 0.0121. The highest BCUT2D eigenvalue weighted by atomic mass is 35.5. The van der Waals surface area contributed by atoms with Crippen LogP contribution in [-0.4, -0.2) is 44.5 Å². The molecule has 0 bridgehead atoms. The smallest absolute Gasteiger partial charge is 0.254 e. The van der Waals surface area contributed by atoms with E-state index >= 15 is 0 Å². The van der Waals surface area contributed by atoms with E-state index in [4.69, 9.17) is 28.9 Å². The second-order valence-electron chi connectivity index (χ2n) is 9.92. The first-order chi connectivity index (χ1) is 17.8. The van der Waals surface area contributed by atoms with E-state index in [9.17, 15) is 20.1 Å². The summed E-state index contributed by atoms with van der Waals surface area (Å²) in [6.07, 6.45) is 0.789. The molecule has 3 aromatic rings. The number of carbonyl (C=O) groups excluding carboxylic acids is 1. The van der Waals surface area contributed by atoms with E-state index in [1.807, 2.05) is 41.3 Å². The summed E-state index contributed by atoms with van der Waals surface area (Å²) in [5, 5.41) is 31.8. The van der Waals surface area contributed by atoms with Crippen molar-refractivity contribution in [3.05, 3.63) is 93.0 Å². The quantitative estimate of drug-likeness (QED) is 0.340. The van der Waals surface area contributed by atoms with Gasteiger partial charge >= 0.3 is 0 Å². The average molecular weight is 541 g/mol. The molecule has 1 amide bonds. The average Bonchev–Trinajstić information content (AvgIpc) is 2.89. The molecule has 0 spiro atoms. The number of amides is 1. The van der Waals surface area contributed by atoms with Crippen molar-refractivity contribution in [3.63, 3.8) is 0 Å². The molecule has 1 unspecified atom stereocenters. The van der Waals surface area contributed by atoms with E-state index in [0.29, 0.717) is 52.4 Å². The van der Waals surface area contributed by atoms with Crippen molar-refractivity contribution >= 4 is 29.1 Å². The van der Waals surface area contributed by atoms with Crippen LogP contribution < -0.4 is 5.73 Å². The molecule has 1 aliphatic carbocycles. The van der Waals surface area contributed by atoms with Gasteiger partial charge in [0, 0.05) is 27.6 Å². The Morgan fingerprint density at radius 1 is 0.946 bits per heavy atom. The van der Waals surface area contributed by atoms with Crippen LogP contribution in [0.3, 0.4) is 0 Å². The summed E-state index contributed by atoms with van der Waals surface area (Å²) in [4.78, 5) is 15.9. The summed E-state index contributed by atoms with van der Waals surface area (Å²) in [5.41, 5.74) is 10.5. The van der Waals surface area contributed by atoms with Crippen LogP contribution in [0.4, 0.5) is 0 Å². The van der Waals surface area contributed by atoms with Gasteiger partial charge in [-0.3, -0.25) is 4.79 Å². The first-order valence-corrected chi connectivity index (χ1v) is 13.3. The summed E-state index contributed by atoms with van der Waals surface area (Å²) in [5.74, 6) is -0.828. The molecule has 2 aliphatic rings. The van der Waals surface area contributed by atoms with E-state index in [-0.39, 0.29) is 24.7 Å². The number of rotatable bonds is 5. The summed E-state index contributed by atoms with van der Waals surface area (Å²) < 4.78 is 0. The predicted octanol–water partition coefficient (Wildman–Crippen LogP) is 5.01. The molecular weight excluding hydrogens is 511 g/mol. The largest absolute Gasteiger partial charge is 0.393 e. The maximum absolute atomic E-state index is 14.1. The summed E-state index contributed by atoms with van der Waals surface area (Å²) in [6, 6.07) is 17.4. The van der Waals surface area contributed by atoms with Gasteiger partial charge < -0.3 is 26.0 Å². The molecular formula is C29H30Cl2N2O4. The van der Waals surface area contributed by atoms with Crippen molar-refractivity contribution in [2.24, 2.45) is 5.73 Å². The van der Waals surface area contributed by atoms with Crippen molar-refractivity contribution in [3.8, 4) is 11.1 Å². The fraction of sp³-hybridized carbons (Fsp3) is 0.345. The highest BCUT2D eigenvalue weighted by Gasteiger charge is 2.47. The second kappa shape index (κ2) is 10.7. The Kier molecular flexibility index (Phi) is 7.59. The maximum Gasteiger partial charge on any atom is 0.254 e. The molecule has 0 radical (unpaired) electrons. The lowest BCUT2D eigenvalue weighted by atomic mass is 9.75. The minimum atomic E-state index is -1.29. The standard InChI is InChI=1S/C29H30Cl2N2O4/c30-18-6-12-23(25(31)14-18)27-26(28(32)36)24-13-16(21-4-2-1-3-17(21)15-34)5-11-22(24)29(37)33(27)19-7-9-20(35)10-8-19/h1-6,11-14,19-20,26-28,34-36H,7-10,15,32H2/t19?,20?,26-,27+,28?/m1/s1. The number of benzene rings is 3. The topological polar surface area (TPSA) is 107 Å². The third-order valence-electron chi connectivity index (χ3n) is 7.72. The molecule has 1 aliphatic heterocycles. The third kappa shape index (κ3) is 4.90. The molecule has 1 saturated carbocycles. The minimum Gasteiger partial charge on any atom is -0.393 e. The molecule has 0 saturated heterocycles. The zero-order valence-electron chi connectivity index (χ0n) is 20.2. The monoisotopic (exact) mass is 540 g/mol. The Morgan fingerprint density at radius 3 is 2.35 bits per heavy atom. The molecule has 6 nitrogen and oxygen atoms in total. The van der Waals surface area contributed by atoms with Crippen LogP contribution in [0.2, 0.25) is 10.0 Å². The Labute approximate surface area is 226 Å². The number of nitrogens with zero attached hydrogens (tertiary/aromatic N) is 1. The molecule has 3 atom stereocenters. The third-order valence-corrected chi connectivity index (χ3v) is 8.29. The van der Waals surface area contributed by atoms with E-state index in [0.717, 1.165) is 16.7 Å². The van der Waals surface area contributed by atoms with Crippen LogP contribution in [0.15, 0.2) is 60.7 Å². The normalized spacial score (nSPS) is 24.6. The van der Waals surface area contributed by atoms with E-state index in [1.54, 1.807) is 24.3 Å². The highest BCUT2D eigenvalue weighted by molar-refractivity contribution is 6.35. The predicted molar refractivity (Wildman–Crippen MR) is 144 cm³/mol. The zero-order chi connectivity index (χ0) is 26.3. The molecule has 5 rings (SSSR count). The van der Waals surface area contributed by atoms with Gasteiger partial charge in [-0.25, -0.2) is 0 Å². The SMILES string of the molecule is NC(O)[C@@H]1c2cc(-c3ccccc3CO)ccc2C(=O)N(C2CCC(O)CC2)[C@H]1c1ccc(Cl)cc1Cl. The van der Waals surface area contributed by atoms with E-state index in [2.05, 4.69) is 0 Å². The summed E-state index contributed by atoms with van der Waals surface area (Å²) >= 11 is 12.9. The van der Waals surface area contributed by atoms with Gasteiger partial charge in [-0.05, 0) is 77.8 Å². The van der Waals surface area contributed by atoms with E-state index < -0.39 is 18.2 Å². The molecule has 194 valence electrons. The molecule has 8 heteroatoms. The zero-order valence-corrected chi connectivity index (χ0v) is 21.7. The van der Waals surface area contributed by atoms with E-state index in [1.165, 1.54) is 0 Å². The van der Waals surface area contributed by atoms with Gasteiger partial charge in [0.2, 0.25) is 0 Å². The van der Waals surface area contributed by atoms with Gasteiger partial charge in [0.15, 0.2) is 0 Å². The van der Waals surface area contributed by atoms with Gasteiger partial charge in [-0.15, -0.1) is 0 Å². The molecule has 1 heterocycles. The maximum atomic E-state index is 14.1. The summed E-state index contributed by atoms with van der Waals surface area (Å²) in [7, 11) is 0. The molecule has 37 heavy (non-hydrogen) atoms. The lowest BCUT2D eigenvalue weighted by Crippen LogP contribution is -2.53. The van der Waals surface area contributed by atoms with Gasteiger partial charge in [0.05, 0.1) is 18.8 Å². The number of aliphatic hydroxyl groups is 3. The second-order valence-corrected chi connectivity index (χ2v) is 10.8. The number of nitrogens with two attached hydrogens (primary N) is 1. The van der Waals surface area contributed by atoms with Gasteiger partial charge in [0.1, 0.15) is 6.23 Å². The Bertz CT molecular complexity index is 1310. The van der Waals surface area contributed by atoms with Gasteiger partial charge in [0.25, 0.3) is 5.91 Å². The van der Waals surface area contributed by atoms with Crippen LogP contribution in [0.1, 0.15) is 64.7 Å². The first kappa shape index (κ1) is 26.2. The van der Waals surface area contributed by atoms with Crippen LogP contribution >= 0.6 is 23.2 Å². The Hall–Kier alpha value is -2.45. The number of halogens is 2. The fourth-order valence-corrected chi connectivity index (χ4v) is 6.45. The minimum absolute atomic E-state index is 0.126. The van der Waals surface area contributed by atoms with Gasteiger partial charge in [-0.2, -0.15) is 0 Å². The van der Waals surface area contributed by atoms with Crippen molar-refractivity contribution in [1.82, 2.24) is 4.90 Å². The highest BCUT2D eigenvalue weighted by Crippen LogP contribution is 2.49. The number of fused-ring (bicyclic) bond motifs is 1. The van der Waals surface area contributed by atoms with Crippen LogP contribution in [0.25, 0.3) is 11.1 Å². The van der Waals surface area contributed by atoms with Crippen LogP contribution in [-0.2, 0) is 6.61 Å². The van der Waals surface area contributed by atoms with Crippen LogP contribution in [0.5, 0.6) is 0 Å². The summed E-state index contributed by atoms with van der Waals surface area (Å²) in [6.45, 7) is -0.126. The number of hydrogen-bond donors (Lipinski definition) is 4.